The number of ether oxygens (including phenoxy) is 2. The molecule has 0 aromatic heterocycles. The number of hydrogen-bond acceptors (Lipinski definition) is 6. The summed E-state index contributed by atoms with van der Waals surface area (Å²) < 4.78 is 37.1. The second-order valence-electron chi connectivity index (χ2n) is 8.28. The molecule has 0 heterocycles. The zero-order valence-corrected chi connectivity index (χ0v) is 22.0. The average molecular weight is 506 g/mol. The molecule has 0 unspecified atom stereocenters. The average Bonchev–Trinajstić information content (AvgIpc) is 2.83. The van der Waals surface area contributed by atoms with Crippen LogP contribution in [0.4, 0.5) is 5.69 Å². The summed E-state index contributed by atoms with van der Waals surface area (Å²) >= 11 is 0. The Bertz CT molecular complexity index is 1120. The van der Waals surface area contributed by atoms with Crippen molar-refractivity contribution in [1.82, 2.24) is 10.2 Å². The van der Waals surface area contributed by atoms with Gasteiger partial charge in [0.05, 0.1) is 26.2 Å². The number of sulfonamides is 1. The van der Waals surface area contributed by atoms with Gasteiger partial charge in [0.25, 0.3) is 0 Å². The van der Waals surface area contributed by atoms with E-state index in [2.05, 4.69) is 5.32 Å². The number of carbonyl (C=O) groups excluding carboxylic acids is 2. The molecule has 0 saturated heterocycles. The number of benzene rings is 2. The number of carbonyl (C=O) groups is 2. The van der Waals surface area contributed by atoms with Crippen molar-refractivity contribution < 1.29 is 27.5 Å². The van der Waals surface area contributed by atoms with E-state index in [9.17, 15) is 18.0 Å². The number of hydrogen-bond donors (Lipinski definition) is 1. The van der Waals surface area contributed by atoms with Crippen LogP contribution in [-0.2, 0) is 26.2 Å². The van der Waals surface area contributed by atoms with Crippen molar-refractivity contribution in [3.63, 3.8) is 0 Å². The smallest absolute Gasteiger partial charge is 0.244 e. The summed E-state index contributed by atoms with van der Waals surface area (Å²) in [5.74, 6) is -0.161. The summed E-state index contributed by atoms with van der Waals surface area (Å²) in [6.07, 6.45) is 1.77. The van der Waals surface area contributed by atoms with E-state index in [1.165, 1.54) is 25.2 Å². The van der Waals surface area contributed by atoms with E-state index >= 15 is 0 Å². The Morgan fingerprint density at radius 2 is 1.71 bits per heavy atom. The van der Waals surface area contributed by atoms with Crippen molar-refractivity contribution in [2.24, 2.45) is 0 Å². The first kappa shape index (κ1) is 28.0. The molecule has 0 saturated carbocycles. The summed E-state index contributed by atoms with van der Waals surface area (Å²) in [5, 5.41) is 2.81. The summed E-state index contributed by atoms with van der Waals surface area (Å²) in [5.41, 5.74) is 2.05. The van der Waals surface area contributed by atoms with Crippen LogP contribution < -0.4 is 19.1 Å². The molecule has 0 aliphatic carbocycles. The second-order valence-corrected chi connectivity index (χ2v) is 10.2. The van der Waals surface area contributed by atoms with Crippen molar-refractivity contribution in [3.8, 4) is 11.5 Å². The molecular weight excluding hydrogens is 470 g/mol. The Morgan fingerprint density at radius 1 is 1.06 bits per heavy atom. The minimum atomic E-state index is -3.89. The van der Waals surface area contributed by atoms with E-state index in [4.69, 9.17) is 9.47 Å². The number of methoxy groups -OCH3 is 2. The molecule has 0 aliphatic rings. The van der Waals surface area contributed by atoms with Crippen LogP contribution in [0.2, 0.25) is 0 Å². The zero-order valence-electron chi connectivity index (χ0n) is 21.2. The van der Waals surface area contributed by atoms with Crippen molar-refractivity contribution >= 4 is 27.5 Å². The molecule has 0 fully saturated rings. The predicted molar refractivity (Wildman–Crippen MR) is 136 cm³/mol. The van der Waals surface area contributed by atoms with Crippen LogP contribution >= 0.6 is 0 Å². The lowest BCUT2D eigenvalue weighted by Gasteiger charge is -2.32. The maximum atomic E-state index is 13.6. The Labute approximate surface area is 208 Å². The van der Waals surface area contributed by atoms with Gasteiger partial charge in [-0.3, -0.25) is 13.9 Å². The van der Waals surface area contributed by atoms with Gasteiger partial charge in [0.1, 0.15) is 24.1 Å². The number of aryl methyl sites for hydroxylation is 1. The van der Waals surface area contributed by atoms with E-state index in [0.717, 1.165) is 28.1 Å². The standard InChI is InChI=1S/C25H35N3O6S/c1-7-14-26-25(30)19(3)27(16-20-10-8-18(2)9-11-20)24(29)17-28(35(6,31)32)22-15-21(33-4)12-13-23(22)34-5/h8-13,15,19H,7,14,16-17H2,1-6H3,(H,26,30)/t19-/m1/s1. The third kappa shape index (κ3) is 7.61. The Hall–Kier alpha value is -3.27. The Balaban J connectivity index is 2.45. The first-order valence-corrected chi connectivity index (χ1v) is 13.2. The molecule has 2 amide bonds. The quantitative estimate of drug-likeness (QED) is 0.476. The van der Waals surface area contributed by atoms with Crippen LogP contribution in [0.15, 0.2) is 42.5 Å². The Morgan fingerprint density at radius 3 is 2.26 bits per heavy atom. The number of rotatable bonds is 12. The topological polar surface area (TPSA) is 105 Å². The fourth-order valence-corrected chi connectivity index (χ4v) is 4.30. The molecule has 35 heavy (non-hydrogen) atoms. The summed E-state index contributed by atoms with van der Waals surface area (Å²) in [6.45, 7) is 5.64. The predicted octanol–water partition coefficient (Wildman–Crippen LogP) is 2.72. The first-order valence-electron chi connectivity index (χ1n) is 11.3. The molecular formula is C25H35N3O6S. The molecule has 2 aromatic carbocycles. The minimum Gasteiger partial charge on any atom is -0.497 e. The van der Waals surface area contributed by atoms with E-state index in [0.29, 0.717) is 12.3 Å². The lowest BCUT2D eigenvalue weighted by molar-refractivity contribution is -0.139. The number of anilines is 1. The van der Waals surface area contributed by atoms with Crippen LogP contribution in [-0.4, -0.2) is 64.7 Å². The van der Waals surface area contributed by atoms with Crippen LogP contribution in [0.1, 0.15) is 31.4 Å². The van der Waals surface area contributed by atoms with Gasteiger partial charge in [-0.05, 0) is 38.0 Å². The highest BCUT2D eigenvalue weighted by molar-refractivity contribution is 7.92. The fraction of sp³-hybridized carbons (Fsp3) is 0.440. The second kappa shape index (κ2) is 12.4. The van der Waals surface area contributed by atoms with Gasteiger partial charge >= 0.3 is 0 Å². The third-order valence-corrected chi connectivity index (χ3v) is 6.65. The highest BCUT2D eigenvalue weighted by Gasteiger charge is 2.31. The number of amides is 2. The monoisotopic (exact) mass is 505 g/mol. The van der Waals surface area contributed by atoms with Gasteiger partial charge in [0, 0.05) is 19.2 Å². The molecule has 0 spiro atoms. The van der Waals surface area contributed by atoms with E-state index in [-0.39, 0.29) is 23.9 Å². The van der Waals surface area contributed by atoms with E-state index in [1.54, 1.807) is 19.1 Å². The SMILES string of the molecule is CCCNC(=O)[C@@H](C)N(Cc1ccc(C)cc1)C(=O)CN(c1cc(OC)ccc1OC)S(C)(=O)=O. The maximum Gasteiger partial charge on any atom is 0.244 e. The first-order chi connectivity index (χ1) is 16.5. The molecule has 9 nitrogen and oxygen atoms in total. The molecule has 0 aliphatic heterocycles. The van der Waals surface area contributed by atoms with E-state index < -0.39 is 28.5 Å². The van der Waals surface area contributed by atoms with Gasteiger partial charge in [-0.2, -0.15) is 0 Å². The molecule has 0 bridgehead atoms. The maximum absolute atomic E-state index is 13.6. The summed E-state index contributed by atoms with van der Waals surface area (Å²) in [7, 11) is -1.02. The highest BCUT2D eigenvalue weighted by atomic mass is 32.2. The number of nitrogens with zero attached hydrogens (tertiary/aromatic N) is 2. The van der Waals surface area contributed by atoms with Crippen LogP contribution in [0.25, 0.3) is 0 Å². The van der Waals surface area contributed by atoms with Crippen molar-refractivity contribution in [2.75, 3.05) is 37.9 Å². The third-order valence-electron chi connectivity index (χ3n) is 5.52. The van der Waals surface area contributed by atoms with Crippen LogP contribution in [0, 0.1) is 6.92 Å². The van der Waals surface area contributed by atoms with Gasteiger partial charge in [-0.15, -0.1) is 0 Å². The van der Waals surface area contributed by atoms with Crippen LogP contribution in [0.3, 0.4) is 0 Å². The largest absolute Gasteiger partial charge is 0.497 e. The molecule has 10 heteroatoms. The van der Waals surface area contributed by atoms with Gasteiger partial charge in [0.2, 0.25) is 21.8 Å². The molecule has 192 valence electrons. The van der Waals surface area contributed by atoms with Crippen molar-refractivity contribution in [3.05, 3.63) is 53.6 Å². The minimum absolute atomic E-state index is 0.146. The zero-order chi connectivity index (χ0) is 26.2. The Kier molecular flexibility index (Phi) is 9.94. The normalized spacial score (nSPS) is 11.9. The van der Waals surface area contributed by atoms with Gasteiger partial charge in [-0.1, -0.05) is 36.8 Å². The van der Waals surface area contributed by atoms with Crippen molar-refractivity contribution in [1.29, 1.82) is 0 Å². The molecule has 2 aromatic rings. The highest BCUT2D eigenvalue weighted by Crippen LogP contribution is 2.34. The lowest BCUT2D eigenvalue weighted by atomic mass is 10.1. The summed E-state index contributed by atoms with van der Waals surface area (Å²) in [6, 6.07) is 11.5. The van der Waals surface area contributed by atoms with Gasteiger partial charge in [0.15, 0.2) is 0 Å². The van der Waals surface area contributed by atoms with Gasteiger partial charge in [-0.25, -0.2) is 8.42 Å². The fourth-order valence-electron chi connectivity index (χ4n) is 3.46. The van der Waals surface area contributed by atoms with E-state index in [1.807, 2.05) is 38.1 Å². The molecule has 2 rings (SSSR count). The van der Waals surface area contributed by atoms with Crippen LogP contribution in [0.5, 0.6) is 11.5 Å². The molecule has 1 N–H and O–H groups in total. The van der Waals surface area contributed by atoms with Gasteiger partial charge < -0.3 is 19.7 Å². The number of nitrogens with one attached hydrogen (secondary N) is 1. The molecule has 0 radical (unpaired) electrons. The molecule has 1 atom stereocenters. The van der Waals surface area contributed by atoms with Crippen molar-refractivity contribution in [2.45, 2.75) is 39.8 Å². The lowest BCUT2D eigenvalue weighted by Crippen LogP contribution is -2.51. The summed E-state index contributed by atoms with van der Waals surface area (Å²) in [4.78, 5) is 27.7.